The van der Waals surface area contributed by atoms with Gasteiger partial charge in [0.05, 0.1) is 23.1 Å². The number of piperazine rings is 1. The molecule has 1 aliphatic heterocycles. The average molecular weight is 476 g/mol. The highest BCUT2D eigenvalue weighted by atomic mass is 16.2. The predicted octanol–water partition coefficient (Wildman–Crippen LogP) is 1.92. The molecule has 3 aromatic rings. The highest BCUT2D eigenvalue weighted by molar-refractivity contribution is 5.96. The van der Waals surface area contributed by atoms with Gasteiger partial charge in [-0.05, 0) is 43.5 Å². The number of nitrogens with zero attached hydrogens (tertiary/aromatic N) is 4. The number of carbonyl (C=O) groups is 2. The number of rotatable bonds is 4. The van der Waals surface area contributed by atoms with Crippen LogP contribution >= 0.6 is 0 Å². The van der Waals surface area contributed by atoms with Crippen LogP contribution in [0.15, 0.2) is 46.1 Å². The summed E-state index contributed by atoms with van der Waals surface area (Å²) in [5.74, 6) is 0.281. The Balaban J connectivity index is 1.34. The number of carbonyl (C=O) groups excluding carboxylic acids is 2. The first-order chi connectivity index (χ1) is 16.9. The highest BCUT2D eigenvalue weighted by Gasteiger charge is 2.31. The molecule has 3 heterocycles. The van der Waals surface area contributed by atoms with Crippen molar-refractivity contribution in [2.24, 2.45) is 5.92 Å². The molecule has 1 aliphatic carbocycles. The van der Waals surface area contributed by atoms with Gasteiger partial charge in [0.1, 0.15) is 0 Å². The van der Waals surface area contributed by atoms with Gasteiger partial charge < -0.3 is 9.80 Å². The van der Waals surface area contributed by atoms with Crippen molar-refractivity contribution in [1.82, 2.24) is 24.3 Å². The Bertz CT molecular complexity index is 1390. The zero-order valence-corrected chi connectivity index (χ0v) is 19.8. The number of pyridine rings is 1. The van der Waals surface area contributed by atoms with Crippen LogP contribution in [0.1, 0.15) is 47.3 Å². The minimum atomic E-state index is -0.521. The van der Waals surface area contributed by atoms with Gasteiger partial charge in [0.25, 0.3) is 11.5 Å². The first-order valence-electron chi connectivity index (χ1n) is 12.2. The summed E-state index contributed by atoms with van der Waals surface area (Å²) in [5.41, 5.74) is 1.40. The van der Waals surface area contributed by atoms with Crippen molar-refractivity contribution < 1.29 is 9.59 Å². The number of aryl methyl sites for hydroxylation is 1. The SMILES string of the molecule is Cc1cnc(Cn2c(=O)[nH]c(=O)c3ccccc32)cc1C(=O)N1CCN(C(=O)C2CCCC2)CC1. The summed E-state index contributed by atoms with van der Waals surface area (Å²) in [7, 11) is 0. The molecule has 0 bridgehead atoms. The van der Waals surface area contributed by atoms with E-state index in [1.807, 2.05) is 11.8 Å². The van der Waals surface area contributed by atoms with Gasteiger partial charge in [-0.3, -0.25) is 28.9 Å². The largest absolute Gasteiger partial charge is 0.339 e. The third kappa shape index (κ3) is 4.50. The van der Waals surface area contributed by atoms with Crippen LogP contribution < -0.4 is 11.2 Å². The van der Waals surface area contributed by atoms with Crippen molar-refractivity contribution in [3.8, 4) is 0 Å². The van der Waals surface area contributed by atoms with E-state index in [1.54, 1.807) is 41.4 Å². The van der Waals surface area contributed by atoms with Gasteiger partial charge in [-0.2, -0.15) is 0 Å². The van der Waals surface area contributed by atoms with Crippen LogP contribution in [0.2, 0.25) is 0 Å². The quantitative estimate of drug-likeness (QED) is 0.620. The van der Waals surface area contributed by atoms with E-state index in [0.717, 1.165) is 31.2 Å². The molecule has 0 spiro atoms. The fourth-order valence-corrected chi connectivity index (χ4v) is 5.18. The minimum absolute atomic E-state index is 0.0993. The maximum atomic E-state index is 13.4. The number of para-hydroxylation sites is 1. The Labute approximate surface area is 202 Å². The van der Waals surface area contributed by atoms with Crippen LogP contribution in [0.3, 0.4) is 0 Å². The summed E-state index contributed by atoms with van der Waals surface area (Å²) in [6.45, 7) is 4.07. The maximum Gasteiger partial charge on any atom is 0.329 e. The van der Waals surface area contributed by atoms with E-state index in [9.17, 15) is 19.2 Å². The van der Waals surface area contributed by atoms with Crippen LogP contribution in [-0.4, -0.2) is 62.3 Å². The topological polar surface area (TPSA) is 108 Å². The van der Waals surface area contributed by atoms with E-state index in [4.69, 9.17) is 0 Å². The van der Waals surface area contributed by atoms with Gasteiger partial charge in [0.2, 0.25) is 5.91 Å². The summed E-state index contributed by atoms with van der Waals surface area (Å²) >= 11 is 0. The molecule has 1 saturated heterocycles. The molecule has 2 fully saturated rings. The molecule has 2 amide bonds. The van der Waals surface area contributed by atoms with Crippen LogP contribution in [-0.2, 0) is 11.3 Å². The zero-order valence-electron chi connectivity index (χ0n) is 19.8. The monoisotopic (exact) mass is 475 g/mol. The smallest absolute Gasteiger partial charge is 0.329 e. The standard InChI is InChI=1S/C26H29N5O4/c1-17-15-27-19(16-31-22-9-5-4-8-20(22)23(32)28-26(31)35)14-21(17)25(34)30-12-10-29(11-13-30)24(33)18-6-2-3-7-18/h4-5,8-9,14-15,18H,2-3,6-7,10-13,16H2,1H3,(H,28,32,35). The Kier molecular flexibility index (Phi) is 6.23. The van der Waals surface area contributed by atoms with Crippen molar-refractivity contribution in [1.29, 1.82) is 0 Å². The predicted molar refractivity (Wildman–Crippen MR) is 131 cm³/mol. The van der Waals surface area contributed by atoms with Crippen LogP contribution in [0.4, 0.5) is 0 Å². The lowest BCUT2D eigenvalue weighted by atomic mass is 10.1. The van der Waals surface area contributed by atoms with Crippen molar-refractivity contribution in [2.75, 3.05) is 26.2 Å². The Hall–Kier alpha value is -3.75. The fraction of sp³-hybridized carbons (Fsp3) is 0.423. The van der Waals surface area contributed by atoms with E-state index in [1.165, 1.54) is 4.57 Å². The summed E-state index contributed by atoms with van der Waals surface area (Å²) < 4.78 is 1.45. The molecule has 2 aliphatic rings. The molecule has 9 heteroatoms. The maximum absolute atomic E-state index is 13.4. The number of aromatic nitrogens is 3. The molecular weight excluding hydrogens is 446 g/mol. The molecule has 0 unspecified atom stereocenters. The average Bonchev–Trinajstić information content (AvgIpc) is 3.42. The number of hydrogen-bond donors (Lipinski definition) is 1. The molecule has 35 heavy (non-hydrogen) atoms. The van der Waals surface area contributed by atoms with E-state index < -0.39 is 11.2 Å². The minimum Gasteiger partial charge on any atom is -0.339 e. The van der Waals surface area contributed by atoms with Crippen molar-refractivity contribution in [2.45, 2.75) is 39.2 Å². The second kappa shape index (κ2) is 9.48. The number of aromatic amines is 1. The lowest BCUT2D eigenvalue weighted by molar-refractivity contribution is -0.136. The molecule has 1 N–H and O–H groups in total. The van der Waals surface area contributed by atoms with Crippen LogP contribution in [0.5, 0.6) is 0 Å². The first kappa shape index (κ1) is 23.0. The Morgan fingerprint density at radius 2 is 1.71 bits per heavy atom. The molecule has 182 valence electrons. The first-order valence-corrected chi connectivity index (χ1v) is 12.2. The van der Waals surface area contributed by atoms with Gasteiger partial charge in [-0.15, -0.1) is 0 Å². The normalized spacial score (nSPS) is 16.7. The lowest BCUT2D eigenvalue weighted by Gasteiger charge is -2.36. The number of hydrogen-bond acceptors (Lipinski definition) is 5. The van der Waals surface area contributed by atoms with Gasteiger partial charge >= 0.3 is 5.69 Å². The summed E-state index contributed by atoms with van der Waals surface area (Å²) in [6.07, 6.45) is 5.84. The second-order valence-corrected chi connectivity index (χ2v) is 9.45. The van der Waals surface area contributed by atoms with Crippen molar-refractivity contribution in [3.63, 3.8) is 0 Å². The molecule has 9 nitrogen and oxygen atoms in total. The van der Waals surface area contributed by atoms with Gasteiger partial charge in [-0.1, -0.05) is 25.0 Å². The Morgan fingerprint density at radius 3 is 2.46 bits per heavy atom. The van der Waals surface area contributed by atoms with Gasteiger partial charge in [0.15, 0.2) is 0 Å². The summed E-state index contributed by atoms with van der Waals surface area (Å²) in [6, 6.07) is 8.62. The van der Waals surface area contributed by atoms with Gasteiger partial charge in [-0.25, -0.2) is 4.79 Å². The van der Waals surface area contributed by atoms with Crippen molar-refractivity contribution in [3.05, 3.63) is 74.2 Å². The van der Waals surface area contributed by atoms with E-state index in [2.05, 4.69) is 9.97 Å². The summed E-state index contributed by atoms with van der Waals surface area (Å²) in [5, 5.41) is 0.417. The molecule has 0 atom stereocenters. The summed E-state index contributed by atoms with van der Waals surface area (Å²) in [4.78, 5) is 61.3. The molecular formula is C26H29N5O4. The highest BCUT2D eigenvalue weighted by Crippen LogP contribution is 2.27. The number of fused-ring (bicyclic) bond motifs is 1. The molecule has 2 aromatic heterocycles. The molecule has 1 saturated carbocycles. The lowest BCUT2D eigenvalue weighted by Crippen LogP contribution is -2.51. The fourth-order valence-electron chi connectivity index (χ4n) is 5.18. The second-order valence-electron chi connectivity index (χ2n) is 9.45. The van der Waals surface area contributed by atoms with E-state index in [0.29, 0.717) is 48.3 Å². The molecule has 0 radical (unpaired) electrons. The van der Waals surface area contributed by atoms with E-state index >= 15 is 0 Å². The number of benzene rings is 1. The molecule has 1 aromatic carbocycles. The third-order valence-electron chi connectivity index (χ3n) is 7.20. The Morgan fingerprint density at radius 1 is 1.03 bits per heavy atom. The van der Waals surface area contributed by atoms with Crippen LogP contribution in [0.25, 0.3) is 10.9 Å². The van der Waals surface area contributed by atoms with Crippen LogP contribution in [0, 0.1) is 12.8 Å². The van der Waals surface area contributed by atoms with E-state index in [-0.39, 0.29) is 24.3 Å². The number of H-pyrrole nitrogens is 1. The number of nitrogens with one attached hydrogen (secondary N) is 1. The zero-order chi connectivity index (χ0) is 24.5. The van der Waals surface area contributed by atoms with Crippen molar-refractivity contribution >= 4 is 22.7 Å². The third-order valence-corrected chi connectivity index (χ3v) is 7.20. The number of amides is 2. The van der Waals surface area contributed by atoms with Gasteiger partial charge in [0, 0.05) is 43.9 Å². The molecule has 5 rings (SSSR count).